The number of hydrogen-bond donors (Lipinski definition) is 1. The van der Waals surface area contributed by atoms with E-state index >= 15 is 0 Å². The normalized spacial score (nSPS) is 31.5. The van der Waals surface area contributed by atoms with Gasteiger partial charge in [0.25, 0.3) is 0 Å². The Kier molecular flexibility index (Phi) is 5.67. The molecule has 4 saturated carbocycles. The summed E-state index contributed by atoms with van der Waals surface area (Å²) >= 11 is 0. The number of nitrogens with one attached hydrogen (secondary N) is 1. The molecular formula is C25H35N3O3. The zero-order valence-corrected chi connectivity index (χ0v) is 18.6. The van der Waals surface area contributed by atoms with Gasteiger partial charge in [0.15, 0.2) is 0 Å². The summed E-state index contributed by atoms with van der Waals surface area (Å²) in [4.78, 5) is 30.4. The van der Waals surface area contributed by atoms with E-state index in [0.717, 1.165) is 74.7 Å². The van der Waals surface area contributed by atoms with Gasteiger partial charge in [0.1, 0.15) is 0 Å². The second kappa shape index (κ2) is 8.45. The molecule has 2 amide bonds. The maximum absolute atomic E-state index is 13.6. The van der Waals surface area contributed by atoms with E-state index in [1.807, 2.05) is 31.2 Å². The average molecular weight is 426 g/mol. The summed E-state index contributed by atoms with van der Waals surface area (Å²) in [7, 11) is 0. The van der Waals surface area contributed by atoms with E-state index in [2.05, 4.69) is 10.2 Å². The first-order valence-electron chi connectivity index (χ1n) is 12.1. The van der Waals surface area contributed by atoms with E-state index in [1.165, 1.54) is 19.3 Å². The van der Waals surface area contributed by atoms with Gasteiger partial charge < -0.3 is 19.9 Å². The molecule has 1 heterocycles. The van der Waals surface area contributed by atoms with E-state index in [-0.39, 0.29) is 23.8 Å². The molecule has 0 aromatic heterocycles. The lowest BCUT2D eigenvalue weighted by molar-refractivity contribution is -0.158. The minimum absolute atomic E-state index is 0.112. The predicted octanol–water partition coefficient (Wildman–Crippen LogP) is 3.53. The quantitative estimate of drug-likeness (QED) is 0.758. The number of benzene rings is 1. The molecule has 31 heavy (non-hydrogen) atoms. The van der Waals surface area contributed by atoms with Crippen LogP contribution in [0.4, 0.5) is 11.4 Å². The molecule has 1 aliphatic heterocycles. The number of hydrogen-bond acceptors (Lipinski definition) is 4. The van der Waals surface area contributed by atoms with Crippen molar-refractivity contribution in [3.63, 3.8) is 0 Å². The number of nitrogens with zero attached hydrogens (tertiary/aromatic N) is 2. The molecule has 1 aromatic rings. The molecule has 4 bridgehead atoms. The van der Waals surface area contributed by atoms with Crippen molar-refractivity contribution < 1.29 is 14.3 Å². The number of likely N-dealkylation sites (N-methyl/N-ethyl adjacent to an activating group) is 1. The van der Waals surface area contributed by atoms with Gasteiger partial charge in [-0.25, -0.2) is 0 Å². The van der Waals surface area contributed by atoms with E-state index in [1.54, 1.807) is 4.90 Å². The molecule has 6 heteroatoms. The minimum atomic E-state index is -0.190. The van der Waals surface area contributed by atoms with Crippen molar-refractivity contribution in [3.8, 4) is 0 Å². The molecule has 0 atom stereocenters. The Morgan fingerprint density at radius 3 is 2.16 bits per heavy atom. The van der Waals surface area contributed by atoms with Crippen molar-refractivity contribution >= 4 is 23.2 Å². The van der Waals surface area contributed by atoms with Crippen molar-refractivity contribution in [2.24, 2.45) is 23.2 Å². The Hall–Kier alpha value is -2.08. The van der Waals surface area contributed by atoms with Crippen LogP contribution >= 0.6 is 0 Å². The minimum Gasteiger partial charge on any atom is -0.378 e. The first-order chi connectivity index (χ1) is 15.0. The molecule has 5 fully saturated rings. The summed E-state index contributed by atoms with van der Waals surface area (Å²) in [5, 5.41) is 2.99. The lowest BCUT2D eigenvalue weighted by Gasteiger charge is -2.56. The van der Waals surface area contributed by atoms with Gasteiger partial charge in [0.2, 0.25) is 11.8 Å². The predicted molar refractivity (Wildman–Crippen MR) is 121 cm³/mol. The van der Waals surface area contributed by atoms with Gasteiger partial charge in [-0.1, -0.05) is 0 Å². The number of morpholine rings is 1. The summed E-state index contributed by atoms with van der Waals surface area (Å²) in [5.74, 6) is 2.30. The van der Waals surface area contributed by atoms with Crippen LogP contribution in [0, 0.1) is 23.2 Å². The van der Waals surface area contributed by atoms with Crippen LogP contribution in [0.3, 0.4) is 0 Å². The summed E-state index contributed by atoms with van der Waals surface area (Å²) in [6, 6.07) is 7.97. The van der Waals surface area contributed by atoms with Gasteiger partial charge in [-0.2, -0.15) is 0 Å². The van der Waals surface area contributed by atoms with Crippen LogP contribution in [0.1, 0.15) is 45.4 Å². The van der Waals surface area contributed by atoms with Crippen LogP contribution in [0.2, 0.25) is 0 Å². The first kappa shape index (κ1) is 20.8. The molecule has 1 N–H and O–H groups in total. The fourth-order valence-corrected chi connectivity index (χ4v) is 6.99. The number of anilines is 2. The lowest BCUT2D eigenvalue weighted by Crippen LogP contribution is -2.55. The molecule has 4 aliphatic carbocycles. The summed E-state index contributed by atoms with van der Waals surface area (Å²) in [5.41, 5.74) is 1.74. The Morgan fingerprint density at radius 1 is 1.03 bits per heavy atom. The Bertz CT molecular complexity index is 781. The van der Waals surface area contributed by atoms with Gasteiger partial charge in [0, 0.05) is 31.0 Å². The molecule has 0 spiro atoms. The molecule has 0 radical (unpaired) electrons. The Balaban J connectivity index is 1.19. The average Bonchev–Trinajstić information content (AvgIpc) is 2.77. The molecule has 1 aromatic carbocycles. The summed E-state index contributed by atoms with van der Waals surface area (Å²) < 4.78 is 5.41. The number of rotatable bonds is 6. The number of carbonyl (C=O) groups is 2. The highest BCUT2D eigenvalue weighted by atomic mass is 16.5. The summed E-state index contributed by atoms with van der Waals surface area (Å²) in [6.45, 7) is 6.01. The van der Waals surface area contributed by atoms with E-state index < -0.39 is 0 Å². The third kappa shape index (κ3) is 4.19. The Labute approximate surface area is 185 Å². The van der Waals surface area contributed by atoms with Gasteiger partial charge in [-0.3, -0.25) is 9.59 Å². The molecular weight excluding hydrogens is 390 g/mol. The van der Waals surface area contributed by atoms with Crippen LogP contribution in [0.5, 0.6) is 0 Å². The van der Waals surface area contributed by atoms with Crippen LogP contribution in [-0.2, 0) is 14.3 Å². The fourth-order valence-electron chi connectivity index (χ4n) is 6.99. The highest BCUT2D eigenvalue weighted by Crippen LogP contribution is 2.60. The first-order valence-corrected chi connectivity index (χ1v) is 12.1. The van der Waals surface area contributed by atoms with Crippen molar-refractivity contribution in [2.75, 3.05) is 49.6 Å². The zero-order valence-electron chi connectivity index (χ0n) is 18.6. The highest BCUT2D eigenvalue weighted by molar-refractivity contribution is 5.95. The van der Waals surface area contributed by atoms with Crippen molar-refractivity contribution in [2.45, 2.75) is 45.4 Å². The maximum atomic E-state index is 13.6. The SMILES string of the molecule is CCN(CC(=O)Nc1ccc(N2CCOCC2)cc1)C(=O)C12CC3CC(CC(C3)C1)C2. The molecule has 168 valence electrons. The summed E-state index contributed by atoms with van der Waals surface area (Å²) in [6.07, 6.45) is 7.08. The van der Waals surface area contributed by atoms with Crippen molar-refractivity contribution in [3.05, 3.63) is 24.3 Å². The maximum Gasteiger partial charge on any atom is 0.243 e. The molecule has 6 rings (SSSR count). The second-order valence-electron chi connectivity index (χ2n) is 10.2. The highest BCUT2D eigenvalue weighted by Gasteiger charge is 2.55. The molecule has 1 saturated heterocycles. The number of carbonyl (C=O) groups excluding carboxylic acids is 2. The van der Waals surface area contributed by atoms with Crippen LogP contribution in [-0.4, -0.2) is 56.1 Å². The topological polar surface area (TPSA) is 61.9 Å². The van der Waals surface area contributed by atoms with Gasteiger partial charge in [-0.15, -0.1) is 0 Å². The fraction of sp³-hybridized carbons (Fsp3) is 0.680. The van der Waals surface area contributed by atoms with Gasteiger partial charge in [-0.05, 0) is 87.5 Å². The smallest absolute Gasteiger partial charge is 0.243 e. The molecule has 6 nitrogen and oxygen atoms in total. The van der Waals surface area contributed by atoms with Gasteiger partial charge in [0.05, 0.1) is 25.2 Å². The van der Waals surface area contributed by atoms with E-state index in [0.29, 0.717) is 6.54 Å². The third-order valence-electron chi connectivity index (χ3n) is 8.02. The number of amides is 2. The largest absolute Gasteiger partial charge is 0.378 e. The van der Waals surface area contributed by atoms with Crippen LogP contribution < -0.4 is 10.2 Å². The Morgan fingerprint density at radius 2 is 1.61 bits per heavy atom. The van der Waals surface area contributed by atoms with Crippen LogP contribution in [0.15, 0.2) is 24.3 Å². The third-order valence-corrected chi connectivity index (χ3v) is 8.02. The number of ether oxygens (including phenoxy) is 1. The van der Waals surface area contributed by atoms with Crippen LogP contribution in [0.25, 0.3) is 0 Å². The standard InChI is InChI=1S/C25H35N3O3/c1-2-27(24(30)25-14-18-11-19(15-25)13-20(12-18)16-25)17-23(29)26-21-3-5-22(6-4-21)28-7-9-31-10-8-28/h3-6,18-20H,2,7-17H2,1H3,(H,26,29). The van der Waals surface area contributed by atoms with Gasteiger partial charge >= 0.3 is 0 Å². The second-order valence-corrected chi connectivity index (χ2v) is 10.2. The molecule has 5 aliphatic rings. The monoisotopic (exact) mass is 425 g/mol. The molecule has 0 unspecified atom stereocenters. The van der Waals surface area contributed by atoms with E-state index in [4.69, 9.17) is 4.74 Å². The lowest BCUT2D eigenvalue weighted by atomic mass is 9.49. The van der Waals surface area contributed by atoms with Crippen molar-refractivity contribution in [1.29, 1.82) is 0 Å². The van der Waals surface area contributed by atoms with E-state index in [9.17, 15) is 9.59 Å². The van der Waals surface area contributed by atoms with Crippen molar-refractivity contribution in [1.82, 2.24) is 4.90 Å². The zero-order chi connectivity index (χ0) is 21.4.